The van der Waals surface area contributed by atoms with Crippen molar-refractivity contribution in [3.05, 3.63) is 50.2 Å². The molecular formula is C12H10Br2N2O. The monoisotopic (exact) mass is 356 g/mol. The lowest BCUT2D eigenvalue weighted by molar-refractivity contribution is 0.102. The number of nitrogens with zero attached hydrogens (tertiary/aromatic N) is 2. The quantitative estimate of drug-likeness (QED) is 0.771. The van der Waals surface area contributed by atoms with Crippen molar-refractivity contribution in [3.8, 4) is 0 Å². The predicted octanol–water partition coefficient (Wildman–Crippen LogP) is 3.48. The third-order valence-corrected chi connectivity index (χ3v) is 3.45. The van der Waals surface area contributed by atoms with E-state index >= 15 is 0 Å². The van der Waals surface area contributed by atoms with E-state index in [9.17, 15) is 4.79 Å². The van der Waals surface area contributed by atoms with E-state index in [1.54, 1.807) is 17.9 Å². The third kappa shape index (κ3) is 2.50. The maximum absolute atomic E-state index is 12.3. The van der Waals surface area contributed by atoms with E-state index in [4.69, 9.17) is 0 Å². The highest BCUT2D eigenvalue weighted by Crippen LogP contribution is 2.22. The summed E-state index contributed by atoms with van der Waals surface area (Å²) in [6.45, 7) is 1.96. The van der Waals surface area contributed by atoms with Crippen molar-refractivity contribution in [2.75, 3.05) is 0 Å². The molecule has 1 aromatic heterocycles. The van der Waals surface area contributed by atoms with Crippen LogP contribution < -0.4 is 0 Å². The van der Waals surface area contributed by atoms with Crippen LogP contribution in [0.3, 0.4) is 0 Å². The minimum atomic E-state index is -0.0405. The van der Waals surface area contributed by atoms with Crippen molar-refractivity contribution in [1.29, 1.82) is 0 Å². The molecule has 0 saturated carbocycles. The molecule has 0 aliphatic heterocycles. The zero-order chi connectivity index (χ0) is 12.6. The number of carbonyl (C=O) groups excluding carboxylic acids is 1. The van der Waals surface area contributed by atoms with Crippen molar-refractivity contribution in [3.63, 3.8) is 0 Å². The smallest absolute Gasteiger partial charge is 0.212 e. The maximum atomic E-state index is 12.3. The number of benzene rings is 1. The summed E-state index contributed by atoms with van der Waals surface area (Å²) in [7, 11) is 1.75. The van der Waals surface area contributed by atoms with Crippen LogP contribution in [0, 0.1) is 6.92 Å². The summed E-state index contributed by atoms with van der Waals surface area (Å²) < 4.78 is 3.18. The van der Waals surface area contributed by atoms with Gasteiger partial charge in [-0.3, -0.25) is 9.48 Å². The van der Waals surface area contributed by atoms with Gasteiger partial charge in [-0.05, 0) is 46.6 Å². The standard InChI is InChI=1S/C12H10Br2N2O/c1-7-3-8(5-9(13)4-7)12(17)11-10(14)6-15-16(11)2/h3-6H,1-2H3. The molecule has 17 heavy (non-hydrogen) atoms. The zero-order valence-corrected chi connectivity index (χ0v) is 12.5. The van der Waals surface area contributed by atoms with Gasteiger partial charge >= 0.3 is 0 Å². The average molecular weight is 358 g/mol. The van der Waals surface area contributed by atoms with Crippen molar-refractivity contribution >= 4 is 37.6 Å². The van der Waals surface area contributed by atoms with Crippen LogP contribution in [-0.4, -0.2) is 15.6 Å². The van der Waals surface area contributed by atoms with Gasteiger partial charge in [-0.25, -0.2) is 0 Å². The van der Waals surface area contributed by atoms with Crippen molar-refractivity contribution in [1.82, 2.24) is 9.78 Å². The number of rotatable bonds is 2. The van der Waals surface area contributed by atoms with Gasteiger partial charge in [0, 0.05) is 17.1 Å². The first kappa shape index (κ1) is 12.5. The summed E-state index contributed by atoms with van der Waals surface area (Å²) in [4.78, 5) is 12.3. The Bertz CT molecular complexity index is 550. The minimum Gasteiger partial charge on any atom is -0.287 e. The molecule has 0 aliphatic rings. The van der Waals surface area contributed by atoms with Gasteiger partial charge in [-0.2, -0.15) is 5.10 Å². The number of aromatic nitrogens is 2. The minimum absolute atomic E-state index is 0.0405. The summed E-state index contributed by atoms with van der Waals surface area (Å²) in [5, 5.41) is 4.04. The fraction of sp³-hybridized carbons (Fsp3) is 0.167. The van der Waals surface area contributed by atoms with E-state index in [0.29, 0.717) is 15.7 Å². The van der Waals surface area contributed by atoms with Crippen LogP contribution in [0.5, 0.6) is 0 Å². The fourth-order valence-corrected chi connectivity index (χ4v) is 2.81. The van der Waals surface area contributed by atoms with E-state index < -0.39 is 0 Å². The molecule has 0 N–H and O–H groups in total. The topological polar surface area (TPSA) is 34.9 Å². The van der Waals surface area contributed by atoms with Crippen molar-refractivity contribution in [2.24, 2.45) is 7.05 Å². The Labute approximate surface area is 116 Å². The molecule has 0 aliphatic carbocycles. The highest BCUT2D eigenvalue weighted by molar-refractivity contribution is 9.10. The predicted molar refractivity (Wildman–Crippen MR) is 73.2 cm³/mol. The highest BCUT2D eigenvalue weighted by Gasteiger charge is 2.17. The van der Waals surface area contributed by atoms with Gasteiger partial charge in [-0.15, -0.1) is 0 Å². The first-order valence-corrected chi connectivity index (χ1v) is 6.57. The van der Waals surface area contributed by atoms with E-state index in [-0.39, 0.29) is 5.78 Å². The van der Waals surface area contributed by atoms with Crippen LogP contribution in [0.15, 0.2) is 33.3 Å². The normalized spacial score (nSPS) is 10.6. The van der Waals surface area contributed by atoms with Crippen LogP contribution in [0.2, 0.25) is 0 Å². The summed E-state index contributed by atoms with van der Waals surface area (Å²) in [6, 6.07) is 5.65. The lowest BCUT2D eigenvalue weighted by atomic mass is 10.1. The maximum Gasteiger partial charge on any atom is 0.212 e. The molecule has 2 aromatic rings. The van der Waals surface area contributed by atoms with Gasteiger partial charge in [0.1, 0.15) is 5.69 Å². The summed E-state index contributed by atoms with van der Waals surface area (Å²) in [5.74, 6) is -0.0405. The number of ketones is 1. The Balaban J connectivity index is 2.51. The number of hydrogen-bond donors (Lipinski definition) is 0. The SMILES string of the molecule is Cc1cc(Br)cc(C(=O)c2c(Br)cnn2C)c1. The van der Waals surface area contributed by atoms with Crippen LogP contribution in [0.1, 0.15) is 21.6 Å². The van der Waals surface area contributed by atoms with Gasteiger partial charge in [-0.1, -0.05) is 15.9 Å². The van der Waals surface area contributed by atoms with E-state index in [0.717, 1.165) is 10.0 Å². The summed E-state index contributed by atoms with van der Waals surface area (Å²) in [6.07, 6.45) is 1.62. The molecule has 2 rings (SSSR count). The van der Waals surface area contributed by atoms with Crippen molar-refractivity contribution in [2.45, 2.75) is 6.92 Å². The highest BCUT2D eigenvalue weighted by atomic mass is 79.9. The lowest BCUT2D eigenvalue weighted by Crippen LogP contribution is -2.09. The first-order chi connectivity index (χ1) is 7.99. The van der Waals surface area contributed by atoms with Crippen LogP contribution in [-0.2, 0) is 7.05 Å². The largest absolute Gasteiger partial charge is 0.287 e. The molecule has 0 spiro atoms. The number of aryl methyl sites for hydroxylation is 2. The average Bonchev–Trinajstić information content (AvgIpc) is 2.56. The number of halogens is 2. The van der Waals surface area contributed by atoms with Gasteiger partial charge < -0.3 is 0 Å². The lowest BCUT2D eigenvalue weighted by Gasteiger charge is -2.04. The molecule has 1 heterocycles. The Morgan fingerprint density at radius 2 is 2.00 bits per heavy atom. The first-order valence-electron chi connectivity index (χ1n) is 4.98. The molecule has 0 fully saturated rings. The van der Waals surface area contributed by atoms with Crippen LogP contribution >= 0.6 is 31.9 Å². The Kier molecular flexibility index (Phi) is 3.49. The molecule has 0 unspecified atom stereocenters. The molecule has 0 atom stereocenters. The van der Waals surface area contributed by atoms with Gasteiger partial charge in [0.25, 0.3) is 0 Å². The molecule has 3 nitrogen and oxygen atoms in total. The molecular weight excluding hydrogens is 348 g/mol. The zero-order valence-electron chi connectivity index (χ0n) is 9.37. The molecule has 1 aromatic carbocycles. The fourth-order valence-electron chi connectivity index (χ4n) is 1.67. The Morgan fingerprint density at radius 3 is 2.53 bits per heavy atom. The third-order valence-electron chi connectivity index (χ3n) is 2.41. The van der Waals surface area contributed by atoms with E-state index in [2.05, 4.69) is 37.0 Å². The molecule has 88 valence electrons. The molecule has 0 amide bonds. The van der Waals surface area contributed by atoms with Gasteiger partial charge in [0.15, 0.2) is 0 Å². The van der Waals surface area contributed by atoms with Crippen LogP contribution in [0.25, 0.3) is 0 Å². The molecule has 0 saturated heterocycles. The summed E-state index contributed by atoms with van der Waals surface area (Å²) >= 11 is 6.73. The number of hydrogen-bond acceptors (Lipinski definition) is 2. The Hall–Kier alpha value is -0.940. The molecule has 0 radical (unpaired) electrons. The molecule has 5 heteroatoms. The van der Waals surface area contributed by atoms with Crippen LogP contribution in [0.4, 0.5) is 0 Å². The molecule has 0 bridgehead atoms. The second-order valence-corrected chi connectivity index (χ2v) is 5.58. The van der Waals surface area contributed by atoms with Gasteiger partial charge in [0.2, 0.25) is 5.78 Å². The van der Waals surface area contributed by atoms with Gasteiger partial charge in [0.05, 0.1) is 10.7 Å². The Morgan fingerprint density at radius 1 is 1.29 bits per heavy atom. The number of carbonyl (C=O) groups is 1. The van der Waals surface area contributed by atoms with E-state index in [1.807, 2.05) is 25.1 Å². The second-order valence-electron chi connectivity index (χ2n) is 3.81. The van der Waals surface area contributed by atoms with Crippen molar-refractivity contribution < 1.29 is 4.79 Å². The van der Waals surface area contributed by atoms with E-state index in [1.165, 1.54) is 0 Å². The second kappa shape index (κ2) is 4.74. The summed E-state index contributed by atoms with van der Waals surface area (Å²) in [5.41, 5.74) is 2.25.